The summed E-state index contributed by atoms with van der Waals surface area (Å²) in [7, 11) is 0. The van der Waals surface area contributed by atoms with Crippen LogP contribution in [0.5, 0.6) is 0 Å². The molecule has 3 heterocycles. The smallest absolute Gasteiger partial charge is 0.257 e. The summed E-state index contributed by atoms with van der Waals surface area (Å²) >= 11 is 1.47. The molecule has 1 aliphatic rings. The molecule has 1 amide bonds. The lowest BCUT2D eigenvalue weighted by Gasteiger charge is -2.32. The molecule has 0 N–H and O–H groups in total. The zero-order valence-corrected chi connectivity index (χ0v) is 15.7. The van der Waals surface area contributed by atoms with Gasteiger partial charge in [0.15, 0.2) is 5.16 Å². The molecular weight excluding hydrogens is 334 g/mol. The lowest BCUT2D eigenvalue weighted by Crippen LogP contribution is -2.39. The Kier molecular flexibility index (Phi) is 6.07. The van der Waals surface area contributed by atoms with Gasteiger partial charge >= 0.3 is 0 Å². The minimum absolute atomic E-state index is 0.0176. The van der Waals surface area contributed by atoms with Gasteiger partial charge in [-0.05, 0) is 25.5 Å². The summed E-state index contributed by atoms with van der Waals surface area (Å²) in [6.45, 7) is 4.70. The number of likely N-dealkylation sites (tertiary alicyclic amines) is 1. The first-order valence-corrected chi connectivity index (χ1v) is 10.1. The summed E-state index contributed by atoms with van der Waals surface area (Å²) in [5, 5.41) is 0.686. The van der Waals surface area contributed by atoms with Crippen molar-refractivity contribution in [3.8, 4) is 0 Å². The fraction of sp³-hybridized carbons (Fsp3) is 0.556. The number of hydrogen-bond acceptors (Lipinski definition) is 5. The summed E-state index contributed by atoms with van der Waals surface area (Å²) in [5.41, 5.74) is 0.563. The first-order chi connectivity index (χ1) is 12.2. The maximum Gasteiger partial charge on any atom is 0.257 e. The van der Waals surface area contributed by atoms with Crippen molar-refractivity contribution >= 4 is 17.7 Å². The second-order valence-electron chi connectivity index (χ2n) is 6.38. The first kappa shape index (κ1) is 17.9. The largest absolute Gasteiger partial charge is 0.338 e. The van der Waals surface area contributed by atoms with Crippen LogP contribution in [-0.4, -0.2) is 49.7 Å². The average Bonchev–Trinajstić information content (AvgIpc) is 3.14. The highest BCUT2D eigenvalue weighted by Crippen LogP contribution is 2.27. The van der Waals surface area contributed by atoms with E-state index in [0.717, 1.165) is 38.2 Å². The Morgan fingerprint density at radius 2 is 2.12 bits per heavy atom. The van der Waals surface area contributed by atoms with Crippen LogP contribution in [0, 0.1) is 0 Å². The van der Waals surface area contributed by atoms with Gasteiger partial charge in [0.25, 0.3) is 5.91 Å². The Labute approximate surface area is 153 Å². The number of thioether (sulfide) groups is 1. The maximum atomic E-state index is 12.8. The molecule has 1 saturated heterocycles. The Bertz CT molecular complexity index is 700. The highest BCUT2D eigenvalue weighted by molar-refractivity contribution is 7.98. The van der Waals surface area contributed by atoms with Crippen molar-refractivity contribution in [1.82, 2.24) is 24.4 Å². The molecule has 25 heavy (non-hydrogen) atoms. The van der Waals surface area contributed by atoms with E-state index >= 15 is 0 Å². The van der Waals surface area contributed by atoms with Crippen molar-refractivity contribution in [3.05, 3.63) is 36.2 Å². The third kappa shape index (κ3) is 4.21. The number of hydrogen-bond donors (Lipinski definition) is 0. The van der Waals surface area contributed by atoms with E-state index in [1.54, 1.807) is 12.4 Å². The molecular formula is C18H25N5OS. The predicted molar refractivity (Wildman–Crippen MR) is 98.8 cm³/mol. The normalized spacial score (nSPS) is 17.7. The topological polar surface area (TPSA) is 63.9 Å². The second-order valence-corrected chi connectivity index (χ2v) is 7.15. The molecule has 3 rings (SSSR count). The zero-order valence-electron chi connectivity index (χ0n) is 14.9. The second kappa shape index (κ2) is 8.47. The molecule has 1 fully saturated rings. The fourth-order valence-electron chi connectivity index (χ4n) is 3.29. The van der Waals surface area contributed by atoms with Crippen LogP contribution in [0.2, 0.25) is 0 Å². The van der Waals surface area contributed by atoms with Crippen molar-refractivity contribution in [2.45, 2.75) is 50.2 Å². The Morgan fingerprint density at radius 3 is 2.84 bits per heavy atom. The molecule has 6 nitrogen and oxygen atoms in total. The van der Waals surface area contributed by atoms with E-state index in [-0.39, 0.29) is 5.91 Å². The Morgan fingerprint density at radius 1 is 1.32 bits per heavy atom. The molecule has 1 aliphatic heterocycles. The summed E-state index contributed by atoms with van der Waals surface area (Å²) in [6, 6.07) is 0. The number of unbranched alkanes of at least 4 members (excludes halogenated alkanes) is 1. The number of aromatic nitrogens is 4. The van der Waals surface area contributed by atoms with Gasteiger partial charge in [0, 0.05) is 50.3 Å². The molecule has 2 aromatic heterocycles. The molecule has 0 saturated carbocycles. The SMILES string of the molecule is CCCCn1ccnc1[C@H]1CCCN(C(=O)c2cnc(SC)nc2)C1. The number of piperidine rings is 1. The van der Waals surface area contributed by atoms with Gasteiger partial charge in [0.1, 0.15) is 5.82 Å². The number of amides is 1. The summed E-state index contributed by atoms with van der Waals surface area (Å²) in [6.07, 6.45) is 13.5. The molecule has 0 bridgehead atoms. The lowest BCUT2D eigenvalue weighted by molar-refractivity contribution is 0.0702. The van der Waals surface area contributed by atoms with Gasteiger partial charge in [-0.25, -0.2) is 15.0 Å². The minimum Gasteiger partial charge on any atom is -0.338 e. The van der Waals surface area contributed by atoms with E-state index in [4.69, 9.17) is 0 Å². The van der Waals surface area contributed by atoms with Crippen LogP contribution in [0.1, 0.15) is 54.7 Å². The standard InChI is InChI=1S/C18H25N5OS/c1-3-4-8-22-10-7-19-16(22)14-6-5-9-23(13-14)17(24)15-11-20-18(25-2)21-12-15/h7,10-12,14H,3-6,8-9,13H2,1-2H3/t14-/m0/s1. The molecule has 0 aromatic carbocycles. The van der Waals surface area contributed by atoms with Crippen molar-refractivity contribution in [2.75, 3.05) is 19.3 Å². The summed E-state index contributed by atoms with van der Waals surface area (Å²) in [4.78, 5) is 27.7. The molecule has 2 aromatic rings. The van der Waals surface area contributed by atoms with E-state index < -0.39 is 0 Å². The van der Waals surface area contributed by atoms with E-state index in [9.17, 15) is 4.79 Å². The van der Waals surface area contributed by atoms with Crippen molar-refractivity contribution in [1.29, 1.82) is 0 Å². The number of nitrogens with zero attached hydrogens (tertiary/aromatic N) is 5. The van der Waals surface area contributed by atoms with Gasteiger partial charge in [-0.15, -0.1) is 0 Å². The van der Waals surface area contributed by atoms with Gasteiger partial charge in [-0.2, -0.15) is 0 Å². The van der Waals surface area contributed by atoms with E-state index in [1.165, 1.54) is 18.2 Å². The fourth-order valence-corrected chi connectivity index (χ4v) is 3.60. The third-order valence-corrected chi connectivity index (χ3v) is 5.21. The molecule has 0 unspecified atom stereocenters. The molecule has 0 radical (unpaired) electrons. The van der Waals surface area contributed by atoms with Crippen molar-refractivity contribution < 1.29 is 4.79 Å². The van der Waals surface area contributed by atoms with Crippen LogP contribution in [0.15, 0.2) is 29.9 Å². The van der Waals surface area contributed by atoms with Crippen LogP contribution in [0.25, 0.3) is 0 Å². The molecule has 7 heteroatoms. The van der Waals surface area contributed by atoms with Crippen LogP contribution in [0.4, 0.5) is 0 Å². The average molecular weight is 359 g/mol. The van der Waals surface area contributed by atoms with Crippen molar-refractivity contribution in [3.63, 3.8) is 0 Å². The summed E-state index contributed by atoms with van der Waals surface area (Å²) < 4.78 is 2.25. The van der Waals surface area contributed by atoms with E-state index in [1.807, 2.05) is 17.4 Å². The molecule has 0 spiro atoms. The first-order valence-electron chi connectivity index (χ1n) is 8.89. The van der Waals surface area contributed by atoms with Crippen molar-refractivity contribution in [2.24, 2.45) is 0 Å². The highest BCUT2D eigenvalue weighted by Gasteiger charge is 2.28. The highest BCUT2D eigenvalue weighted by atomic mass is 32.2. The van der Waals surface area contributed by atoms with Gasteiger partial charge in [0.05, 0.1) is 5.56 Å². The lowest BCUT2D eigenvalue weighted by atomic mass is 9.96. The van der Waals surface area contributed by atoms with E-state index in [0.29, 0.717) is 23.2 Å². The Hall–Kier alpha value is -1.89. The van der Waals surface area contributed by atoms with Gasteiger partial charge < -0.3 is 9.47 Å². The Balaban J connectivity index is 1.70. The number of carbonyl (C=O) groups is 1. The molecule has 134 valence electrons. The van der Waals surface area contributed by atoms with Gasteiger partial charge in [0.2, 0.25) is 0 Å². The molecule has 1 atom stereocenters. The van der Waals surface area contributed by atoms with Gasteiger partial charge in [-0.1, -0.05) is 25.1 Å². The quantitative estimate of drug-likeness (QED) is 0.585. The van der Waals surface area contributed by atoms with E-state index in [2.05, 4.69) is 32.6 Å². The number of imidazole rings is 1. The third-order valence-electron chi connectivity index (χ3n) is 4.63. The van der Waals surface area contributed by atoms with Crippen LogP contribution in [-0.2, 0) is 6.54 Å². The van der Waals surface area contributed by atoms with Gasteiger partial charge in [-0.3, -0.25) is 4.79 Å². The van der Waals surface area contributed by atoms with Crippen LogP contribution >= 0.6 is 11.8 Å². The van der Waals surface area contributed by atoms with Crippen LogP contribution in [0.3, 0.4) is 0 Å². The summed E-state index contributed by atoms with van der Waals surface area (Å²) in [5.74, 6) is 1.43. The zero-order chi connectivity index (χ0) is 17.6. The molecule has 0 aliphatic carbocycles. The minimum atomic E-state index is 0.0176. The predicted octanol–water partition coefficient (Wildman–Crippen LogP) is 3.21. The maximum absolute atomic E-state index is 12.8. The monoisotopic (exact) mass is 359 g/mol. The number of rotatable bonds is 6. The number of aryl methyl sites for hydroxylation is 1. The van der Waals surface area contributed by atoms with Crippen LogP contribution < -0.4 is 0 Å². The number of carbonyl (C=O) groups excluding carboxylic acids is 1.